The van der Waals surface area contributed by atoms with Crippen LogP contribution in [-0.4, -0.2) is 0 Å². The first-order valence-electron chi connectivity index (χ1n) is 8.20. The van der Waals surface area contributed by atoms with Gasteiger partial charge in [0.25, 0.3) is 0 Å². The summed E-state index contributed by atoms with van der Waals surface area (Å²) in [6, 6.07) is 9.51. The lowest BCUT2D eigenvalue weighted by Gasteiger charge is -2.27. The maximum atomic E-state index is 6.51. The standard InChI is InChI=1S/C18H27N/c19-18(16-6-3-1-2-4-7-16)17-12-10-15(11-13-17)14-8-5-9-14/h10-14,16,18H,1-9,19H2. The molecule has 19 heavy (non-hydrogen) atoms. The Morgan fingerprint density at radius 3 is 1.95 bits per heavy atom. The second kappa shape index (κ2) is 6.09. The smallest absolute Gasteiger partial charge is 0.0323 e. The van der Waals surface area contributed by atoms with E-state index in [0.717, 1.165) is 5.92 Å². The Kier molecular flexibility index (Phi) is 4.22. The van der Waals surface area contributed by atoms with Gasteiger partial charge in [-0.05, 0) is 48.6 Å². The van der Waals surface area contributed by atoms with Gasteiger partial charge in [0.2, 0.25) is 0 Å². The SMILES string of the molecule is NC(c1ccc(C2CCC2)cc1)C1CCCCCC1. The van der Waals surface area contributed by atoms with Crippen molar-refractivity contribution < 1.29 is 0 Å². The Balaban J connectivity index is 1.66. The monoisotopic (exact) mass is 257 g/mol. The van der Waals surface area contributed by atoms with Gasteiger partial charge < -0.3 is 5.73 Å². The van der Waals surface area contributed by atoms with Crippen molar-refractivity contribution in [1.29, 1.82) is 0 Å². The second-order valence-electron chi connectivity index (χ2n) is 6.57. The molecule has 2 N–H and O–H groups in total. The third-order valence-corrected chi connectivity index (χ3v) is 5.31. The van der Waals surface area contributed by atoms with E-state index >= 15 is 0 Å². The molecule has 0 amide bonds. The minimum Gasteiger partial charge on any atom is -0.324 e. The Labute approximate surface area is 117 Å². The van der Waals surface area contributed by atoms with E-state index in [0.29, 0.717) is 5.92 Å². The fourth-order valence-electron chi connectivity index (χ4n) is 3.67. The van der Waals surface area contributed by atoms with Crippen LogP contribution in [0.5, 0.6) is 0 Å². The van der Waals surface area contributed by atoms with Gasteiger partial charge in [-0.2, -0.15) is 0 Å². The first kappa shape index (κ1) is 13.2. The van der Waals surface area contributed by atoms with Gasteiger partial charge in [-0.25, -0.2) is 0 Å². The van der Waals surface area contributed by atoms with Gasteiger partial charge in [-0.1, -0.05) is 56.4 Å². The second-order valence-corrected chi connectivity index (χ2v) is 6.57. The fourth-order valence-corrected chi connectivity index (χ4v) is 3.67. The lowest BCUT2D eigenvalue weighted by Crippen LogP contribution is -2.21. The molecule has 2 saturated carbocycles. The Morgan fingerprint density at radius 2 is 1.42 bits per heavy atom. The molecule has 104 valence electrons. The van der Waals surface area contributed by atoms with Crippen molar-refractivity contribution >= 4 is 0 Å². The molecule has 0 spiro atoms. The molecule has 1 atom stereocenters. The molecule has 1 unspecified atom stereocenters. The van der Waals surface area contributed by atoms with Crippen LogP contribution < -0.4 is 5.73 Å². The van der Waals surface area contributed by atoms with E-state index in [2.05, 4.69) is 24.3 Å². The van der Waals surface area contributed by atoms with E-state index in [-0.39, 0.29) is 6.04 Å². The number of hydrogen-bond donors (Lipinski definition) is 1. The molecule has 1 aromatic carbocycles. The van der Waals surface area contributed by atoms with Crippen LogP contribution in [-0.2, 0) is 0 Å². The van der Waals surface area contributed by atoms with Crippen LogP contribution in [0.2, 0.25) is 0 Å². The van der Waals surface area contributed by atoms with Crippen molar-refractivity contribution in [2.75, 3.05) is 0 Å². The van der Waals surface area contributed by atoms with Gasteiger partial charge in [0.1, 0.15) is 0 Å². The zero-order valence-electron chi connectivity index (χ0n) is 12.0. The van der Waals surface area contributed by atoms with Crippen LogP contribution in [0, 0.1) is 5.92 Å². The third-order valence-electron chi connectivity index (χ3n) is 5.31. The van der Waals surface area contributed by atoms with Gasteiger partial charge in [-0.3, -0.25) is 0 Å². The summed E-state index contributed by atoms with van der Waals surface area (Å²) in [6.07, 6.45) is 12.4. The van der Waals surface area contributed by atoms with Crippen LogP contribution in [0.1, 0.15) is 80.9 Å². The van der Waals surface area contributed by atoms with Crippen LogP contribution in [0.4, 0.5) is 0 Å². The molecule has 0 aliphatic heterocycles. The highest BCUT2D eigenvalue weighted by atomic mass is 14.7. The minimum absolute atomic E-state index is 0.258. The topological polar surface area (TPSA) is 26.0 Å². The van der Waals surface area contributed by atoms with Gasteiger partial charge in [0.15, 0.2) is 0 Å². The van der Waals surface area contributed by atoms with E-state index in [1.54, 1.807) is 0 Å². The summed E-state index contributed by atoms with van der Waals surface area (Å²) in [6.45, 7) is 0. The molecular formula is C18H27N. The molecule has 2 aliphatic rings. The summed E-state index contributed by atoms with van der Waals surface area (Å²) >= 11 is 0. The molecular weight excluding hydrogens is 230 g/mol. The Bertz CT molecular complexity index is 383. The molecule has 1 aromatic rings. The Hall–Kier alpha value is -0.820. The summed E-state index contributed by atoms with van der Waals surface area (Å²) < 4.78 is 0. The molecule has 0 radical (unpaired) electrons. The van der Waals surface area contributed by atoms with Crippen LogP contribution in [0.25, 0.3) is 0 Å². The maximum Gasteiger partial charge on any atom is 0.0323 e. The van der Waals surface area contributed by atoms with Crippen molar-refractivity contribution in [3.8, 4) is 0 Å². The molecule has 2 aliphatic carbocycles. The van der Waals surface area contributed by atoms with Crippen molar-refractivity contribution in [1.82, 2.24) is 0 Å². The highest BCUT2D eigenvalue weighted by Gasteiger charge is 2.22. The van der Waals surface area contributed by atoms with Gasteiger partial charge in [0.05, 0.1) is 0 Å². The molecule has 0 bridgehead atoms. The number of rotatable bonds is 3. The highest BCUT2D eigenvalue weighted by Crippen LogP contribution is 2.37. The summed E-state index contributed by atoms with van der Waals surface area (Å²) in [5.41, 5.74) is 9.40. The molecule has 0 aromatic heterocycles. The van der Waals surface area contributed by atoms with Crippen LogP contribution in [0.15, 0.2) is 24.3 Å². The fraction of sp³-hybridized carbons (Fsp3) is 0.667. The average Bonchev–Trinajstić information content (AvgIpc) is 2.65. The average molecular weight is 257 g/mol. The van der Waals surface area contributed by atoms with Gasteiger partial charge >= 0.3 is 0 Å². The third kappa shape index (κ3) is 3.02. The Morgan fingerprint density at radius 1 is 0.789 bits per heavy atom. The normalized spacial score (nSPS) is 23.6. The van der Waals surface area contributed by atoms with E-state index in [1.165, 1.54) is 68.9 Å². The van der Waals surface area contributed by atoms with Crippen molar-refractivity contribution in [3.63, 3.8) is 0 Å². The molecule has 0 saturated heterocycles. The van der Waals surface area contributed by atoms with Crippen molar-refractivity contribution in [3.05, 3.63) is 35.4 Å². The predicted molar refractivity (Wildman–Crippen MR) is 81.2 cm³/mol. The van der Waals surface area contributed by atoms with E-state index < -0.39 is 0 Å². The van der Waals surface area contributed by atoms with Crippen LogP contribution in [0.3, 0.4) is 0 Å². The minimum atomic E-state index is 0.258. The summed E-state index contributed by atoms with van der Waals surface area (Å²) in [4.78, 5) is 0. The van der Waals surface area contributed by atoms with E-state index in [1.807, 2.05) is 0 Å². The molecule has 3 rings (SSSR count). The summed E-state index contributed by atoms with van der Waals surface area (Å²) in [7, 11) is 0. The summed E-state index contributed by atoms with van der Waals surface area (Å²) in [5, 5.41) is 0. The molecule has 1 nitrogen and oxygen atoms in total. The van der Waals surface area contributed by atoms with E-state index in [9.17, 15) is 0 Å². The number of hydrogen-bond acceptors (Lipinski definition) is 1. The molecule has 1 heteroatoms. The lowest BCUT2D eigenvalue weighted by molar-refractivity contribution is 0.382. The van der Waals surface area contributed by atoms with Gasteiger partial charge in [-0.15, -0.1) is 0 Å². The first-order chi connectivity index (χ1) is 9.34. The maximum absolute atomic E-state index is 6.51. The quantitative estimate of drug-likeness (QED) is 0.764. The zero-order valence-corrected chi connectivity index (χ0v) is 12.0. The summed E-state index contributed by atoms with van der Waals surface area (Å²) in [5.74, 6) is 1.54. The molecule has 2 fully saturated rings. The van der Waals surface area contributed by atoms with E-state index in [4.69, 9.17) is 5.73 Å². The number of nitrogens with two attached hydrogens (primary N) is 1. The lowest BCUT2D eigenvalue weighted by atomic mass is 9.79. The first-order valence-corrected chi connectivity index (χ1v) is 8.20. The highest BCUT2D eigenvalue weighted by molar-refractivity contribution is 5.28. The number of benzene rings is 1. The zero-order chi connectivity index (χ0) is 13.1. The van der Waals surface area contributed by atoms with Gasteiger partial charge in [0, 0.05) is 6.04 Å². The molecule has 0 heterocycles. The largest absolute Gasteiger partial charge is 0.324 e. The van der Waals surface area contributed by atoms with Crippen molar-refractivity contribution in [2.24, 2.45) is 11.7 Å². The van der Waals surface area contributed by atoms with Crippen LogP contribution >= 0.6 is 0 Å². The van der Waals surface area contributed by atoms with Crippen molar-refractivity contribution in [2.45, 2.75) is 69.7 Å². The predicted octanol–water partition coefficient (Wildman–Crippen LogP) is 4.92.